The molecule has 0 saturated carbocycles. The molecule has 1 aliphatic heterocycles. The zero-order valence-electron chi connectivity index (χ0n) is 11.8. The summed E-state index contributed by atoms with van der Waals surface area (Å²) in [5.74, 6) is 0.186. The van der Waals surface area contributed by atoms with Gasteiger partial charge in [0.2, 0.25) is 0 Å². The first-order valence-electron chi connectivity index (χ1n) is 6.85. The van der Waals surface area contributed by atoms with Crippen molar-refractivity contribution in [2.24, 2.45) is 10.9 Å². The highest BCUT2D eigenvalue weighted by molar-refractivity contribution is 6.16. The summed E-state index contributed by atoms with van der Waals surface area (Å²) in [5.41, 5.74) is 3.53. The first kappa shape index (κ1) is 13.8. The Balaban J connectivity index is 1.70. The highest BCUT2D eigenvalue weighted by atomic mass is 16.5. The predicted octanol–water partition coefficient (Wildman–Crippen LogP) is 2.95. The highest BCUT2D eigenvalue weighted by Crippen LogP contribution is 2.19. The van der Waals surface area contributed by atoms with E-state index >= 15 is 0 Å². The largest absolute Gasteiger partial charge is 0.464 e. The Hall–Kier alpha value is -1.64. The molecule has 0 spiro atoms. The van der Waals surface area contributed by atoms with Gasteiger partial charge < -0.3 is 4.74 Å². The van der Waals surface area contributed by atoms with Crippen LogP contribution in [0.25, 0.3) is 0 Å². The Kier molecular flexibility index (Phi) is 4.35. The molecule has 0 radical (unpaired) electrons. The SMILES string of the molecule is Cc1ccc(CCC2=NC2C(=O)OCC(C)C)cc1. The topological polar surface area (TPSA) is 38.7 Å². The third kappa shape index (κ3) is 4.19. The third-order valence-corrected chi connectivity index (χ3v) is 3.12. The molecule has 1 aromatic rings. The van der Waals surface area contributed by atoms with Gasteiger partial charge in [-0.1, -0.05) is 43.7 Å². The number of aryl methyl sites for hydroxylation is 2. The minimum atomic E-state index is -0.288. The smallest absolute Gasteiger partial charge is 0.336 e. The van der Waals surface area contributed by atoms with Gasteiger partial charge in [0.15, 0.2) is 6.04 Å². The second-order valence-corrected chi connectivity index (χ2v) is 5.53. The van der Waals surface area contributed by atoms with E-state index in [-0.39, 0.29) is 12.0 Å². The summed E-state index contributed by atoms with van der Waals surface area (Å²) in [4.78, 5) is 15.8. The van der Waals surface area contributed by atoms with Gasteiger partial charge >= 0.3 is 5.97 Å². The summed E-state index contributed by atoms with van der Waals surface area (Å²) in [6.07, 6.45) is 1.79. The van der Waals surface area contributed by atoms with Crippen LogP contribution in [0.1, 0.15) is 31.4 Å². The first-order valence-corrected chi connectivity index (χ1v) is 6.85. The van der Waals surface area contributed by atoms with Crippen molar-refractivity contribution in [1.29, 1.82) is 0 Å². The number of ether oxygens (including phenoxy) is 1. The minimum absolute atomic E-state index is 0.187. The van der Waals surface area contributed by atoms with Crippen LogP contribution in [0.4, 0.5) is 0 Å². The van der Waals surface area contributed by atoms with Gasteiger partial charge in [0, 0.05) is 0 Å². The average molecular weight is 259 g/mol. The summed E-state index contributed by atoms with van der Waals surface area (Å²) >= 11 is 0. The van der Waals surface area contributed by atoms with E-state index in [1.807, 2.05) is 13.8 Å². The first-order chi connectivity index (χ1) is 9.06. The van der Waals surface area contributed by atoms with Gasteiger partial charge in [-0.2, -0.15) is 0 Å². The van der Waals surface area contributed by atoms with Crippen LogP contribution in [0.15, 0.2) is 29.3 Å². The monoisotopic (exact) mass is 259 g/mol. The Morgan fingerprint density at radius 3 is 2.58 bits per heavy atom. The maximum atomic E-state index is 11.6. The van der Waals surface area contributed by atoms with Crippen LogP contribution in [0.2, 0.25) is 0 Å². The number of rotatable bonds is 6. The average Bonchev–Trinajstić information content (AvgIpc) is 3.15. The zero-order valence-corrected chi connectivity index (χ0v) is 11.8. The normalized spacial score (nSPS) is 17.3. The Bertz CT molecular complexity index is 474. The van der Waals surface area contributed by atoms with E-state index in [0.717, 1.165) is 18.6 Å². The number of aliphatic imine (C=N–C) groups is 1. The van der Waals surface area contributed by atoms with Gasteiger partial charge in [0.1, 0.15) is 0 Å². The van der Waals surface area contributed by atoms with Crippen molar-refractivity contribution in [3.8, 4) is 0 Å². The lowest BCUT2D eigenvalue weighted by Crippen LogP contribution is -2.19. The molecule has 3 heteroatoms. The van der Waals surface area contributed by atoms with Gasteiger partial charge in [0.25, 0.3) is 0 Å². The van der Waals surface area contributed by atoms with Crippen molar-refractivity contribution in [2.75, 3.05) is 6.61 Å². The number of benzene rings is 1. The lowest BCUT2D eigenvalue weighted by molar-refractivity contribution is -0.143. The fraction of sp³-hybridized carbons (Fsp3) is 0.500. The van der Waals surface area contributed by atoms with Crippen molar-refractivity contribution >= 4 is 11.7 Å². The quantitative estimate of drug-likeness (QED) is 0.737. The van der Waals surface area contributed by atoms with Gasteiger partial charge in [-0.05, 0) is 31.2 Å². The number of hydrogen-bond donors (Lipinski definition) is 0. The molecule has 102 valence electrons. The summed E-state index contributed by atoms with van der Waals surface area (Å²) in [6, 6.07) is 8.19. The molecule has 1 atom stereocenters. The zero-order chi connectivity index (χ0) is 13.8. The van der Waals surface area contributed by atoms with E-state index in [2.05, 4.69) is 36.2 Å². The minimum Gasteiger partial charge on any atom is -0.464 e. The maximum absolute atomic E-state index is 11.6. The lowest BCUT2D eigenvalue weighted by Gasteiger charge is -2.05. The fourth-order valence-electron chi connectivity index (χ4n) is 1.87. The third-order valence-electron chi connectivity index (χ3n) is 3.12. The molecule has 0 bridgehead atoms. The lowest BCUT2D eigenvalue weighted by atomic mass is 10.1. The van der Waals surface area contributed by atoms with Crippen molar-refractivity contribution in [3.63, 3.8) is 0 Å². The van der Waals surface area contributed by atoms with Crippen LogP contribution in [-0.4, -0.2) is 24.3 Å². The highest BCUT2D eigenvalue weighted by Gasteiger charge is 2.35. The fourth-order valence-corrected chi connectivity index (χ4v) is 1.87. The second kappa shape index (κ2) is 6.00. The molecule has 0 aliphatic carbocycles. The standard InChI is InChI=1S/C16H21NO2/c1-11(2)10-19-16(18)15-14(17-15)9-8-13-6-4-12(3)5-7-13/h4-7,11,15H,8-10H2,1-3H3. The molecule has 1 aromatic carbocycles. The van der Waals surface area contributed by atoms with Crippen LogP contribution in [0.3, 0.4) is 0 Å². The predicted molar refractivity (Wildman–Crippen MR) is 76.5 cm³/mol. The second-order valence-electron chi connectivity index (χ2n) is 5.53. The molecule has 0 saturated heterocycles. The Labute approximate surface area is 114 Å². The van der Waals surface area contributed by atoms with E-state index in [4.69, 9.17) is 4.74 Å². The molecule has 19 heavy (non-hydrogen) atoms. The molecule has 2 rings (SSSR count). The van der Waals surface area contributed by atoms with Crippen LogP contribution in [0, 0.1) is 12.8 Å². The van der Waals surface area contributed by atoms with E-state index in [1.54, 1.807) is 0 Å². The number of carbonyl (C=O) groups is 1. The molecule has 0 N–H and O–H groups in total. The molecule has 1 heterocycles. The number of nitrogens with zero attached hydrogens (tertiary/aromatic N) is 1. The van der Waals surface area contributed by atoms with E-state index in [9.17, 15) is 4.79 Å². The molecule has 1 unspecified atom stereocenters. The van der Waals surface area contributed by atoms with Gasteiger partial charge in [-0.3, -0.25) is 4.99 Å². The van der Waals surface area contributed by atoms with E-state index in [1.165, 1.54) is 11.1 Å². The molecular formula is C16H21NO2. The van der Waals surface area contributed by atoms with E-state index < -0.39 is 0 Å². The molecule has 0 fully saturated rings. The summed E-state index contributed by atoms with van der Waals surface area (Å²) < 4.78 is 5.17. The van der Waals surface area contributed by atoms with Crippen LogP contribution in [0.5, 0.6) is 0 Å². The summed E-state index contributed by atoms with van der Waals surface area (Å²) in [6.45, 7) is 6.62. The van der Waals surface area contributed by atoms with Gasteiger partial charge in [-0.15, -0.1) is 0 Å². The summed E-state index contributed by atoms with van der Waals surface area (Å²) in [5, 5.41) is 0. The summed E-state index contributed by atoms with van der Waals surface area (Å²) in [7, 11) is 0. The van der Waals surface area contributed by atoms with Crippen LogP contribution in [-0.2, 0) is 16.0 Å². The molecule has 1 aliphatic rings. The van der Waals surface area contributed by atoms with Crippen LogP contribution < -0.4 is 0 Å². The van der Waals surface area contributed by atoms with E-state index in [0.29, 0.717) is 12.5 Å². The van der Waals surface area contributed by atoms with Gasteiger partial charge in [-0.25, -0.2) is 4.79 Å². The maximum Gasteiger partial charge on any atom is 0.336 e. The molecule has 3 nitrogen and oxygen atoms in total. The number of carbonyl (C=O) groups excluding carboxylic acids is 1. The van der Waals surface area contributed by atoms with Crippen molar-refractivity contribution in [1.82, 2.24) is 0 Å². The van der Waals surface area contributed by atoms with Crippen molar-refractivity contribution < 1.29 is 9.53 Å². The molecule has 0 amide bonds. The number of hydrogen-bond acceptors (Lipinski definition) is 3. The van der Waals surface area contributed by atoms with Crippen molar-refractivity contribution in [3.05, 3.63) is 35.4 Å². The molecule has 0 aromatic heterocycles. The Morgan fingerprint density at radius 1 is 1.26 bits per heavy atom. The molecular weight excluding hydrogens is 238 g/mol. The van der Waals surface area contributed by atoms with Crippen LogP contribution >= 0.6 is 0 Å². The van der Waals surface area contributed by atoms with Gasteiger partial charge in [0.05, 0.1) is 12.3 Å². The Morgan fingerprint density at radius 2 is 1.95 bits per heavy atom. The van der Waals surface area contributed by atoms with Crippen molar-refractivity contribution in [2.45, 2.75) is 39.7 Å². The number of esters is 1.